The van der Waals surface area contributed by atoms with Crippen molar-refractivity contribution in [1.82, 2.24) is 9.78 Å². The summed E-state index contributed by atoms with van der Waals surface area (Å²) in [5, 5.41) is 3.17. The third kappa shape index (κ3) is 2.38. The van der Waals surface area contributed by atoms with Crippen LogP contribution in [0, 0.1) is 0 Å². The molecule has 1 N–H and O–H groups in total. The Morgan fingerprint density at radius 3 is 2.81 bits per heavy atom. The van der Waals surface area contributed by atoms with Gasteiger partial charge in [0.15, 0.2) is 0 Å². The normalized spacial score (nSPS) is 21.6. The molecule has 16 heavy (non-hydrogen) atoms. The minimum atomic E-state index is -0.0130. The average Bonchev–Trinajstić information content (AvgIpc) is 2.76. The van der Waals surface area contributed by atoms with E-state index in [0.717, 1.165) is 25.1 Å². The van der Waals surface area contributed by atoms with Crippen LogP contribution in [0.3, 0.4) is 0 Å². The van der Waals surface area contributed by atoms with E-state index in [-0.39, 0.29) is 17.1 Å². The van der Waals surface area contributed by atoms with Crippen molar-refractivity contribution in [3.05, 3.63) is 22.1 Å². The van der Waals surface area contributed by atoms with Gasteiger partial charge in [0.1, 0.15) is 0 Å². The third-order valence-electron chi connectivity index (χ3n) is 3.01. The van der Waals surface area contributed by atoms with Crippen LogP contribution >= 0.6 is 0 Å². The largest absolute Gasteiger partial charge is 0.376 e. The van der Waals surface area contributed by atoms with E-state index in [1.807, 2.05) is 0 Å². The highest BCUT2D eigenvalue weighted by Crippen LogP contribution is 2.19. The zero-order valence-electron chi connectivity index (χ0n) is 10.2. The molecular weight excluding hydrogens is 204 g/mol. The molecule has 2 heterocycles. The summed E-state index contributed by atoms with van der Waals surface area (Å²) in [5.74, 6) is 0. The molecule has 0 saturated carbocycles. The van der Waals surface area contributed by atoms with Gasteiger partial charge in [-0.1, -0.05) is 20.8 Å². The summed E-state index contributed by atoms with van der Waals surface area (Å²) < 4.78 is 7.19. The molecule has 1 atom stereocenters. The van der Waals surface area contributed by atoms with Crippen LogP contribution in [0.4, 0.5) is 0 Å². The van der Waals surface area contributed by atoms with Crippen LogP contribution in [-0.4, -0.2) is 22.5 Å². The van der Waals surface area contributed by atoms with Gasteiger partial charge in [-0.3, -0.25) is 14.6 Å². The van der Waals surface area contributed by atoms with Crippen molar-refractivity contribution < 1.29 is 4.74 Å². The van der Waals surface area contributed by atoms with Gasteiger partial charge < -0.3 is 4.74 Å². The van der Waals surface area contributed by atoms with Crippen LogP contribution in [0.5, 0.6) is 0 Å². The van der Waals surface area contributed by atoms with Gasteiger partial charge in [0.05, 0.1) is 12.6 Å². The summed E-state index contributed by atoms with van der Waals surface area (Å²) in [6, 6.07) is 1.69. The van der Waals surface area contributed by atoms with Gasteiger partial charge >= 0.3 is 0 Å². The van der Waals surface area contributed by atoms with E-state index in [4.69, 9.17) is 4.74 Å². The van der Waals surface area contributed by atoms with Crippen molar-refractivity contribution in [2.24, 2.45) is 0 Å². The minimum Gasteiger partial charge on any atom is -0.376 e. The lowest BCUT2D eigenvalue weighted by Crippen LogP contribution is -2.24. The molecule has 1 saturated heterocycles. The lowest BCUT2D eigenvalue weighted by molar-refractivity contribution is 0.0930. The number of ether oxygens (including phenoxy) is 1. The standard InChI is InChI=1S/C12H20N2O2/c1-12(2,3)10-7-11(15)14(13-10)8-9-5-4-6-16-9/h7,9,13H,4-6,8H2,1-3H3/t9-/m1/s1. The third-order valence-corrected chi connectivity index (χ3v) is 3.01. The van der Waals surface area contributed by atoms with E-state index in [9.17, 15) is 4.79 Å². The molecule has 0 aromatic carbocycles. The number of rotatable bonds is 2. The summed E-state index contributed by atoms with van der Waals surface area (Å²) >= 11 is 0. The van der Waals surface area contributed by atoms with Gasteiger partial charge in [-0.15, -0.1) is 0 Å². The van der Waals surface area contributed by atoms with E-state index in [0.29, 0.717) is 6.54 Å². The zero-order valence-corrected chi connectivity index (χ0v) is 10.2. The number of nitrogens with zero attached hydrogens (tertiary/aromatic N) is 1. The van der Waals surface area contributed by atoms with Gasteiger partial charge in [-0.05, 0) is 12.8 Å². The molecule has 4 heteroatoms. The highest BCUT2D eigenvalue weighted by atomic mass is 16.5. The summed E-state index contributed by atoms with van der Waals surface area (Å²) in [4.78, 5) is 11.8. The van der Waals surface area contributed by atoms with Crippen molar-refractivity contribution in [2.45, 2.75) is 51.7 Å². The Balaban J connectivity index is 2.15. The molecule has 1 aliphatic heterocycles. The fraction of sp³-hybridized carbons (Fsp3) is 0.750. The van der Waals surface area contributed by atoms with Gasteiger partial charge in [0.2, 0.25) is 0 Å². The number of H-pyrrole nitrogens is 1. The van der Waals surface area contributed by atoms with Crippen LogP contribution in [0.1, 0.15) is 39.3 Å². The Kier molecular flexibility index (Phi) is 2.93. The monoisotopic (exact) mass is 224 g/mol. The molecule has 0 spiro atoms. The molecule has 90 valence electrons. The molecule has 0 aliphatic carbocycles. The Morgan fingerprint density at radius 2 is 2.31 bits per heavy atom. The highest BCUT2D eigenvalue weighted by molar-refractivity contribution is 5.10. The lowest BCUT2D eigenvalue weighted by Gasteiger charge is -2.16. The molecule has 0 radical (unpaired) electrons. The van der Waals surface area contributed by atoms with Crippen LogP contribution in [-0.2, 0) is 16.7 Å². The average molecular weight is 224 g/mol. The fourth-order valence-corrected chi connectivity index (χ4v) is 1.95. The van der Waals surface area contributed by atoms with Gasteiger partial charge in [0.25, 0.3) is 5.56 Å². The molecule has 1 fully saturated rings. The summed E-state index contributed by atoms with van der Waals surface area (Å²) in [5.41, 5.74) is 1.01. The van der Waals surface area contributed by atoms with Crippen molar-refractivity contribution >= 4 is 0 Å². The fourth-order valence-electron chi connectivity index (χ4n) is 1.95. The SMILES string of the molecule is CC(C)(C)c1cc(=O)n(C[C@H]2CCCO2)[nH]1. The second-order valence-electron chi connectivity index (χ2n) is 5.50. The lowest BCUT2D eigenvalue weighted by atomic mass is 9.93. The van der Waals surface area contributed by atoms with E-state index < -0.39 is 0 Å². The summed E-state index contributed by atoms with van der Waals surface area (Å²) in [7, 11) is 0. The molecular formula is C12H20N2O2. The van der Waals surface area contributed by atoms with E-state index in [2.05, 4.69) is 25.9 Å². The Labute approximate surface area is 95.6 Å². The molecule has 1 aromatic rings. The second-order valence-corrected chi connectivity index (χ2v) is 5.50. The van der Waals surface area contributed by atoms with Crippen LogP contribution in [0.25, 0.3) is 0 Å². The van der Waals surface area contributed by atoms with Crippen molar-refractivity contribution in [2.75, 3.05) is 6.61 Å². The van der Waals surface area contributed by atoms with E-state index >= 15 is 0 Å². The molecule has 2 rings (SSSR count). The van der Waals surface area contributed by atoms with Crippen molar-refractivity contribution in [3.63, 3.8) is 0 Å². The second kappa shape index (κ2) is 4.09. The molecule has 0 unspecified atom stereocenters. The number of hydrogen-bond donors (Lipinski definition) is 1. The maximum absolute atomic E-state index is 11.8. The van der Waals surface area contributed by atoms with Crippen molar-refractivity contribution in [1.29, 1.82) is 0 Å². The van der Waals surface area contributed by atoms with Crippen LogP contribution in [0.2, 0.25) is 0 Å². The van der Waals surface area contributed by atoms with Crippen molar-refractivity contribution in [3.8, 4) is 0 Å². The predicted molar refractivity (Wildman–Crippen MR) is 62.7 cm³/mol. The maximum atomic E-state index is 11.8. The van der Waals surface area contributed by atoms with E-state index in [1.54, 1.807) is 10.7 Å². The first-order chi connectivity index (χ1) is 7.47. The maximum Gasteiger partial charge on any atom is 0.266 e. The molecule has 4 nitrogen and oxygen atoms in total. The molecule has 0 amide bonds. The Morgan fingerprint density at radius 1 is 1.56 bits per heavy atom. The number of hydrogen-bond acceptors (Lipinski definition) is 2. The van der Waals surface area contributed by atoms with Crippen LogP contribution < -0.4 is 5.56 Å². The van der Waals surface area contributed by atoms with E-state index in [1.165, 1.54) is 0 Å². The molecule has 0 bridgehead atoms. The van der Waals surface area contributed by atoms with Gasteiger partial charge in [-0.2, -0.15) is 0 Å². The predicted octanol–water partition coefficient (Wildman–Crippen LogP) is 1.65. The number of aromatic nitrogens is 2. The number of nitrogens with one attached hydrogen (secondary N) is 1. The Hall–Kier alpha value is -1.03. The number of aromatic amines is 1. The first-order valence-corrected chi connectivity index (χ1v) is 5.89. The smallest absolute Gasteiger partial charge is 0.266 e. The first kappa shape index (κ1) is 11.5. The van der Waals surface area contributed by atoms with Gasteiger partial charge in [0, 0.05) is 23.8 Å². The zero-order chi connectivity index (χ0) is 11.8. The van der Waals surface area contributed by atoms with Crippen LogP contribution in [0.15, 0.2) is 10.9 Å². The minimum absolute atomic E-state index is 0.0130. The molecule has 1 aliphatic rings. The quantitative estimate of drug-likeness (QED) is 0.830. The summed E-state index contributed by atoms with van der Waals surface area (Å²) in [6.45, 7) is 7.75. The molecule has 1 aromatic heterocycles. The highest BCUT2D eigenvalue weighted by Gasteiger charge is 2.20. The summed E-state index contributed by atoms with van der Waals surface area (Å²) in [6.07, 6.45) is 2.35. The van der Waals surface area contributed by atoms with Gasteiger partial charge in [-0.25, -0.2) is 0 Å². The Bertz CT molecular complexity index is 405. The first-order valence-electron chi connectivity index (χ1n) is 5.89. The topological polar surface area (TPSA) is 47.0 Å².